The number of hydrogen-bond donors (Lipinski definition) is 1. The Morgan fingerprint density at radius 3 is 2.75 bits per heavy atom. The maximum atomic E-state index is 4.14. The quantitative estimate of drug-likeness (QED) is 0.707. The van der Waals surface area contributed by atoms with E-state index >= 15 is 0 Å². The third-order valence-electron chi connectivity index (χ3n) is 2.80. The van der Waals surface area contributed by atoms with Gasteiger partial charge in [-0.2, -0.15) is 5.10 Å². The summed E-state index contributed by atoms with van der Waals surface area (Å²) in [6.45, 7) is 10.8. The van der Waals surface area contributed by atoms with Gasteiger partial charge in [-0.05, 0) is 20.4 Å². The fraction of sp³-hybridized carbons (Fsp3) is 0.750. The molecule has 0 radical (unpaired) electrons. The van der Waals surface area contributed by atoms with Crippen molar-refractivity contribution >= 4 is 0 Å². The lowest BCUT2D eigenvalue weighted by molar-refractivity contribution is 0.233. The van der Waals surface area contributed by atoms with Gasteiger partial charge >= 0.3 is 0 Å². The third kappa shape index (κ3) is 4.33. The molecule has 0 aliphatic carbocycles. The van der Waals surface area contributed by atoms with Gasteiger partial charge in [0.25, 0.3) is 0 Å². The minimum absolute atomic E-state index is 0.630. The molecule has 0 unspecified atom stereocenters. The summed E-state index contributed by atoms with van der Waals surface area (Å²) in [4.78, 5) is 2.45. The lowest BCUT2D eigenvalue weighted by atomic mass is 10.3. The van der Waals surface area contributed by atoms with Gasteiger partial charge in [0.05, 0.1) is 6.20 Å². The largest absolute Gasteiger partial charge is 0.311 e. The Labute approximate surface area is 98.6 Å². The van der Waals surface area contributed by atoms with Gasteiger partial charge in [-0.3, -0.25) is 9.58 Å². The van der Waals surface area contributed by atoms with Crippen molar-refractivity contribution in [1.82, 2.24) is 20.0 Å². The van der Waals surface area contributed by atoms with Gasteiger partial charge in [0.2, 0.25) is 0 Å². The van der Waals surface area contributed by atoms with Crippen LogP contribution in [0.25, 0.3) is 0 Å². The van der Waals surface area contributed by atoms with Gasteiger partial charge in [-0.15, -0.1) is 0 Å². The standard InChI is InChI=1S/C12H24N4/c1-5-16(11(2)3)7-6-13-8-12-9-14-15(4)10-12/h9-11,13H,5-8H2,1-4H3. The smallest absolute Gasteiger partial charge is 0.0534 e. The van der Waals surface area contributed by atoms with E-state index in [0.717, 1.165) is 26.2 Å². The number of aromatic nitrogens is 2. The Balaban J connectivity index is 2.16. The first kappa shape index (κ1) is 13.2. The molecule has 0 aromatic carbocycles. The van der Waals surface area contributed by atoms with Crippen LogP contribution < -0.4 is 5.32 Å². The summed E-state index contributed by atoms with van der Waals surface area (Å²) in [5.41, 5.74) is 1.25. The molecule has 0 atom stereocenters. The van der Waals surface area contributed by atoms with Crippen LogP contribution in [0.5, 0.6) is 0 Å². The lowest BCUT2D eigenvalue weighted by Crippen LogP contribution is -2.36. The topological polar surface area (TPSA) is 33.1 Å². The van der Waals surface area contributed by atoms with Crippen molar-refractivity contribution in [3.63, 3.8) is 0 Å². The first-order valence-corrected chi connectivity index (χ1v) is 6.05. The summed E-state index contributed by atoms with van der Waals surface area (Å²) < 4.78 is 1.84. The molecule has 1 rings (SSSR count). The monoisotopic (exact) mass is 224 g/mol. The summed E-state index contributed by atoms with van der Waals surface area (Å²) in [6, 6.07) is 0.630. The highest BCUT2D eigenvalue weighted by Crippen LogP contribution is 1.97. The maximum Gasteiger partial charge on any atom is 0.0534 e. The lowest BCUT2D eigenvalue weighted by Gasteiger charge is -2.24. The van der Waals surface area contributed by atoms with Crippen LogP contribution in [0.2, 0.25) is 0 Å². The van der Waals surface area contributed by atoms with E-state index in [9.17, 15) is 0 Å². The van der Waals surface area contributed by atoms with Crippen LogP contribution in [0.4, 0.5) is 0 Å². The molecular weight excluding hydrogens is 200 g/mol. The molecule has 0 saturated heterocycles. The Hall–Kier alpha value is -0.870. The molecule has 0 amide bonds. The SMILES string of the molecule is CCN(CCNCc1cnn(C)c1)C(C)C. The van der Waals surface area contributed by atoms with E-state index in [0.29, 0.717) is 6.04 Å². The van der Waals surface area contributed by atoms with E-state index in [2.05, 4.69) is 36.1 Å². The van der Waals surface area contributed by atoms with Crippen molar-refractivity contribution in [2.24, 2.45) is 7.05 Å². The molecule has 0 saturated carbocycles. The summed E-state index contributed by atoms with van der Waals surface area (Å²) in [5, 5.41) is 7.58. The van der Waals surface area contributed by atoms with Gasteiger partial charge in [-0.1, -0.05) is 6.92 Å². The number of nitrogens with zero attached hydrogens (tertiary/aromatic N) is 3. The van der Waals surface area contributed by atoms with E-state index < -0.39 is 0 Å². The normalized spacial score (nSPS) is 11.6. The highest BCUT2D eigenvalue weighted by molar-refractivity contribution is 5.02. The summed E-state index contributed by atoms with van der Waals surface area (Å²) in [6.07, 6.45) is 3.96. The number of nitrogens with one attached hydrogen (secondary N) is 1. The van der Waals surface area contributed by atoms with Crippen molar-refractivity contribution in [1.29, 1.82) is 0 Å². The van der Waals surface area contributed by atoms with Gasteiger partial charge in [0, 0.05) is 44.5 Å². The van der Waals surface area contributed by atoms with Crippen molar-refractivity contribution < 1.29 is 0 Å². The van der Waals surface area contributed by atoms with Crippen molar-refractivity contribution in [3.05, 3.63) is 18.0 Å². The predicted octanol–water partition coefficient (Wildman–Crippen LogP) is 1.24. The summed E-state index contributed by atoms with van der Waals surface area (Å²) >= 11 is 0. The Morgan fingerprint density at radius 2 is 2.25 bits per heavy atom. The third-order valence-corrected chi connectivity index (χ3v) is 2.80. The molecule has 1 N–H and O–H groups in total. The fourth-order valence-corrected chi connectivity index (χ4v) is 1.80. The molecular formula is C12H24N4. The molecule has 0 bridgehead atoms. The molecule has 4 nitrogen and oxygen atoms in total. The van der Waals surface area contributed by atoms with E-state index in [4.69, 9.17) is 0 Å². The minimum atomic E-state index is 0.630. The van der Waals surface area contributed by atoms with E-state index in [-0.39, 0.29) is 0 Å². The molecule has 0 spiro atoms. The van der Waals surface area contributed by atoms with E-state index in [1.807, 2.05) is 24.1 Å². The zero-order chi connectivity index (χ0) is 12.0. The zero-order valence-corrected chi connectivity index (χ0v) is 10.9. The van der Waals surface area contributed by atoms with Crippen LogP contribution in [0, 0.1) is 0 Å². The van der Waals surface area contributed by atoms with Crippen molar-refractivity contribution in [2.45, 2.75) is 33.4 Å². The van der Waals surface area contributed by atoms with E-state index in [1.165, 1.54) is 5.56 Å². The number of hydrogen-bond acceptors (Lipinski definition) is 3. The molecule has 92 valence electrons. The maximum absolute atomic E-state index is 4.14. The van der Waals surface area contributed by atoms with Crippen LogP contribution >= 0.6 is 0 Å². The second kappa shape index (κ2) is 6.66. The molecule has 16 heavy (non-hydrogen) atoms. The highest BCUT2D eigenvalue weighted by atomic mass is 15.2. The molecule has 1 aromatic rings. The van der Waals surface area contributed by atoms with Gasteiger partial charge in [-0.25, -0.2) is 0 Å². The number of aryl methyl sites for hydroxylation is 1. The van der Waals surface area contributed by atoms with Crippen LogP contribution in [-0.2, 0) is 13.6 Å². The molecule has 1 aromatic heterocycles. The molecule has 1 heterocycles. The van der Waals surface area contributed by atoms with Gasteiger partial charge < -0.3 is 5.32 Å². The van der Waals surface area contributed by atoms with Gasteiger partial charge in [0.15, 0.2) is 0 Å². The average molecular weight is 224 g/mol. The second-order valence-electron chi connectivity index (χ2n) is 4.42. The van der Waals surface area contributed by atoms with Gasteiger partial charge in [0.1, 0.15) is 0 Å². The van der Waals surface area contributed by atoms with Crippen LogP contribution in [0.15, 0.2) is 12.4 Å². The van der Waals surface area contributed by atoms with E-state index in [1.54, 1.807) is 0 Å². The van der Waals surface area contributed by atoms with Crippen LogP contribution in [-0.4, -0.2) is 40.4 Å². The molecule has 0 fully saturated rings. The Bertz CT molecular complexity index is 293. The first-order chi connectivity index (χ1) is 7.63. The van der Waals surface area contributed by atoms with Crippen LogP contribution in [0.3, 0.4) is 0 Å². The van der Waals surface area contributed by atoms with Crippen LogP contribution in [0.1, 0.15) is 26.3 Å². The first-order valence-electron chi connectivity index (χ1n) is 6.05. The minimum Gasteiger partial charge on any atom is -0.311 e. The number of likely N-dealkylation sites (N-methyl/N-ethyl adjacent to an activating group) is 1. The molecule has 0 aliphatic rings. The second-order valence-corrected chi connectivity index (χ2v) is 4.42. The summed E-state index contributed by atoms with van der Waals surface area (Å²) in [7, 11) is 1.95. The molecule has 4 heteroatoms. The zero-order valence-electron chi connectivity index (χ0n) is 10.9. The van der Waals surface area contributed by atoms with Crippen molar-refractivity contribution in [3.8, 4) is 0 Å². The average Bonchev–Trinajstić information content (AvgIpc) is 2.64. The Morgan fingerprint density at radius 1 is 1.50 bits per heavy atom. The predicted molar refractivity (Wildman–Crippen MR) is 67.3 cm³/mol. The summed E-state index contributed by atoms with van der Waals surface area (Å²) in [5.74, 6) is 0. The van der Waals surface area contributed by atoms with Crippen molar-refractivity contribution in [2.75, 3.05) is 19.6 Å². The number of rotatable bonds is 7. The Kier molecular flexibility index (Phi) is 5.49. The molecule has 0 aliphatic heterocycles. The highest BCUT2D eigenvalue weighted by Gasteiger charge is 2.05. The fourth-order valence-electron chi connectivity index (χ4n) is 1.80.